The van der Waals surface area contributed by atoms with Crippen LogP contribution in [0.4, 0.5) is 33.6 Å². The number of hydrogen-bond donors (Lipinski definition) is 2. The van der Waals surface area contributed by atoms with Crippen molar-refractivity contribution in [2.24, 2.45) is 0 Å². The number of nitrogens with one attached hydrogen (secondary N) is 1. The van der Waals surface area contributed by atoms with Gasteiger partial charge in [-0.15, -0.1) is 0 Å². The number of nitrogens with two attached hydrogens (primary N) is 1. The molecule has 1 saturated heterocycles. The van der Waals surface area contributed by atoms with Crippen LogP contribution < -0.4 is 20.1 Å². The van der Waals surface area contributed by atoms with Gasteiger partial charge < -0.3 is 20.1 Å². The molecule has 0 spiro atoms. The molecular weight excluding hydrogens is 637 g/mol. The fourth-order valence-corrected chi connectivity index (χ4v) is 6.75. The largest absolute Gasteiger partial charge is 0.475 e. The summed E-state index contributed by atoms with van der Waals surface area (Å²) in [4.78, 5) is 21.3. The Balaban J connectivity index is 1.46. The number of likely N-dealkylation sites (N-methyl/N-ethyl adjacent to an activating group) is 1. The van der Waals surface area contributed by atoms with Crippen molar-refractivity contribution in [3.05, 3.63) is 52.9 Å². The summed E-state index contributed by atoms with van der Waals surface area (Å²) in [5.41, 5.74) is 4.09. The van der Waals surface area contributed by atoms with Crippen LogP contribution in [0.25, 0.3) is 33.1 Å². The minimum atomic E-state index is -4.86. The Kier molecular flexibility index (Phi) is 7.72. The van der Waals surface area contributed by atoms with Gasteiger partial charge in [0.1, 0.15) is 47.3 Å². The third-order valence-corrected chi connectivity index (χ3v) is 9.45. The van der Waals surface area contributed by atoms with Gasteiger partial charge in [0.25, 0.3) is 0 Å². The number of likely N-dealkylation sites (tertiary alicyclic amines) is 1. The first-order chi connectivity index (χ1) is 22.8. The van der Waals surface area contributed by atoms with Crippen LogP contribution in [-0.2, 0) is 6.18 Å². The summed E-state index contributed by atoms with van der Waals surface area (Å²) in [5, 5.41) is 6.62. The molecule has 0 aliphatic carbocycles. The smallest absolute Gasteiger partial charge is 0.417 e. The first-order valence-electron chi connectivity index (χ1n) is 15.4. The average Bonchev–Trinajstić information content (AvgIpc) is 3.58. The van der Waals surface area contributed by atoms with Crippen LogP contribution >= 0.6 is 0 Å². The maximum absolute atomic E-state index is 17.0. The zero-order valence-electron chi connectivity index (χ0n) is 26.5. The van der Waals surface area contributed by atoms with E-state index in [9.17, 15) is 17.6 Å². The molecule has 11 nitrogen and oxygen atoms in total. The van der Waals surface area contributed by atoms with E-state index in [0.717, 1.165) is 19.0 Å². The summed E-state index contributed by atoms with van der Waals surface area (Å²) in [5.74, 6) is -1.68. The fraction of sp³-hybridized carbons (Fsp3) is 0.406. The second kappa shape index (κ2) is 11.7. The number of H-pyrrole nitrogens is 1. The number of nitrogens with zero attached hydrogens (tertiary/aromatic N) is 7. The van der Waals surface area contributed by atoms with Gasteiger partial charge >= 0.3 is 12.2 Å². The van der Waals surface area contributed by atoms with Crippen LogP contribution in [0.2, 0.25) is 0 Å². The van der Waals surface area contributed by atoms with Gasteiger partial charge in [-0.1, -0.05) is 0 Å². The van der Waals surface area contributed by atoms with Gasteiger partial charge in [-0.05, 0) is 58.4 Å². The zero-order chi connectivity index (χ0) is 34.1. The third kappa shape index (κ3) is 5.27. The van der Waals surface area contributed by atoms with Crippen molar-refractivity contribution in [3.8, 4) is 23.1 Å². The van der Waals surface area contributed by atoms with Crippen molar-refractivity contribution < 1.29 is 31.4 Å². The van der Waals surface area contributed by atoms with E-state index in [2.05, 4.69) is 42.0 Å². The molecule has 0 saturated carbocycles. The number of aromatic nitrogens is 6. The summed E-state index contributed by atoms with van der Waals surface area (Å²) in [6.07, 6.45) is -0.831. The lowest BCUT2D eigenvalue weighted by atomic mass is 9.94. The molecule has 1 aromatic carbocycles. The number of fused-ring (bicyclic) bond motifs is 1. The summed E-state index contributed by atoms with van der Waals surface area (Å²) < 4.78 is 87.2. The molecule has 3 atom stereocenters. The van der Waals surface area contributed by atoms with Crippen molar-refractivity contribution in [2.45, 2.75) is 57.9 Å². The maximum Gasteiger partial charge on any atom is 0.417 e. The Morgan fingerprint density at radius 2 is 1.94 bits per heavy atom. The van der Waals surface area contributed by atoms with Crippen molar-refractivity contribution >= 4 is 33.4 Å². The first kappa shape index (κ1) is 31.7. The lowest BCUT2D eigenvalue weighted by molar-refractivity contribution is -0.137. The highest BCUT2D eigenvalue weighted by molar-refractivity contribution is 6.02. The number of hydrogen-bond acceptors (Lipinski definition) is 10. The van der Waals surface area contributed by atoms with Crippen LogP contribution in [0.3, 0.4) is 0 Å². The van der Waals surface area contributed by atoms with Crippen LogP contribution in [0.5, 0.6) is 11.9 Å². The van der Waals surface area contributed by atoms with Crippen molar-refractivity contribution in [2.75, 3.05) is 37.4 Å². The third-order valence-electron chi connectivity index (χ3n) is 9.45. The van der Waals surface area contributed by atoms with E-state index in [1.165, 1.54) is 25.3 Å². The molecule has 48 heavy (non-hydrogen) atoms. The number of alkyl halides is 3. The lowest BCUT2D eigenvalue weighted by Gasteiger charge is -2.30. The second-order valence-electron chi connectivity index (χ2n) is 12.3. The van der Waals surface area contributed by atoms with E-state index < -0.39 is 40.7 Å². The van der Waals surface area contributed by atoms with E-state index in [1.54, 1.807) is 11.8 Å². The highest BCUT2D eigenvalue weighted by Gasteiger charge is 2.40. The highest BCUT2D eigenvalue weighted by atomic mass is 19.4. The van der Waals surface area contributed by atoms with E-state index in [-0.39, 0.29) is 76.7 Å². The lowest BCUT2D eigenvalue weighted by Crippen LogP contribution is -2.35. The number of pyridine rings is 2. The molecular formula is C32H32F5N9O2. The second-order valence-corrected chi connectivity index (χ2v) is 12.3. The molecule has 1 fully saturated rings. The molecule has 0 amide bonds. The van der Waals surface area contributed by atoms with Crippen LogP contribution in [-0.4, -0.2) is 73.9 Å². The maximum atomic E-state index is 17.0. The minimum absolute atomic E-state index is 0.0205. The van der Waals surface area contributed by atoms with Crippen LogP contribution in [0.15, 0.2) is 24.5 Å². The Bertz CT molecular complexity index is 2050. The quantitative estimate of drug-likeness (QED) is 0.209. The van der Waals surface area contributed by atoms with Gasteiger partial charge in [0, 0.05) is 28.6 Å². The van der Waals surface area contributed by atoms with Gasteiger partial charge in [-0.3, -0.25) is 10.00 Å². The van der Waals surface area contributed by atoms with Gasteiger partial charge in [0.2, 0.25) is 5.88 Å². The Labute approximate surface area is 271 Å². The Morgan fingerprint density at radius 1 is 1.15 bits per heavy atom. The van der Waals surface area contributed by atoms with E-state index in [4.69, 9.17) is 15.2 Å². The van der Waals surface area contributed by atoms with Crippen molar-refractivity contribution in [3.63, 3.8) is 0 Å². The van der Waals surface area contributed by atoms with E-state index in [0.29, 0.717) is 11.6 Å². The molecule has 4 aromatic heterocycles. The molecule has 0 radical (unpaired) electrons. The molecule has 16 heteroatoms. The molecule has 5 aromatic rings. The van der Waals surface area contributed by atoms with Gasteiger partial charge in [0.05, 0.1) is 36.1 Å². The zero-order valence-corrected chi connectivity index (χ0v) is 26.5. The highest BCUT2D eigenvalue weighted by Crippen LogP contribution is 2.47. The Morgan fingerprint density at radius 3 is 2.67 bits per heavy atom. The predicted octanol–water partition coefficient (Wildman–Crippen LogP) is 5.97. The Hall–Kier alpha value is -4.86. The number of nitrogen functional groups attached to an aromatic ring is 1. The van der Waals surface area contributed by atoms with Crippen LogP contribution in [0, 0.1) is 18.6 Å². The SMILES string of the molecule is Cc1cc2[nH]ncc2c(-c2nc3c4c(nc(OCC5CCC(C)N5C)nc4c2F)N(C(C)c2cc(F)cnc2N)CCO3)c1C(F)(F)F. The normalized spacial score (nSPS) is 19.1. The first-order valence-corrected chi connectivity index (χ1v) is 15.4. The van der Waals surface area contributed by atoms with Gasteiger partial charge in [-0.25, -0.2) is 18.7 Å². The standard InChI is InChI=1S/C32H32F5N9O2/c1-14-9-21-20(12-40-44-21)22(24(14)32(35,36)37)26-25(34)27-23-29(43-31(42-27)48-13-18-6-5-15(2)45(18)4)46(7-8-47-30(23)41-26)16(3)19-10-17(33)11-39-28(19)38/h9-12,15-16,18H,5-8,13H2,1-4H3,(H2,38,39)(H,40,44). The number of anilines is 2. The summed E-state index contributed by atoms with van der Waals surface area (Å²) in [7, 11) is 1.99. The molecule has 3 unspecified atom stereocenters. The average molecular weight is 670 g/mol. The minimum Gasteiger partial charge on any atom is -0.475 e. The van der Waals surface area contributed by atoms with Crippen LogP contribution in [0.1, 0.15) is 49.4 Å². The number of aromatic amines is 1. The summed E-state index contributed by atoms with van der Waals surface area (Å²) >= 11 is 0. The monoisotopic (exact) mass is 669 g/mol. The number of aryl methyl sites for hydroxylation is 1. The number of halogens is 5. The molecule has 3 N–H and O–H groups in total. The molecule has 2 aliphatic rings. The number of rotatable bonds is 6. The molecule has 7 rings (SSSR count). The van der Waals surface area contributed by atoms with Crippen molar-refractivity contribution in [1.82, 2.24) is 35.0 Å². The number of benzene rings is 1. The topological polar surface area (TPSA) is 131 Å². The van der Waals surface area contributed by atoms with Gasteiger partial charge in [0.15, 0.2) is 5.82 Å². The van der Waals surface area contributed by atoms with Gasteiger partial charge in [-0.2, -0.15) is 28.2 Å². The van der Waals surface area contributed by atoms with E-state index in [1.807, 2.05) is 7.05 Å². The predicted molar refractivity (Wildman–Crippen MR) is 168 cm³/mol. The molecule has 6 heterocycles. The molecule has 252 valence electrons. The summed E-state index contributed by atoms with van der Waals surface area (Å²) in [6.45, 7) is 5.45. The van der Waals surface area contributed by atoms with E-state index >= 15 is 4.39 Å². The summed E-state index contributed by atoms with van der Waals surface area (Å²) in [6, 6.07) is 2.09. The fourth-order valence-electron chi connectivity index (χ4n) is 6.75. The van der Waals surface area contributed by atoms with Crippen molar-refractivity contribution in [1.29, 1.82) is 0 Å². The molecule has 2 aliphatic heterocycles. The number of ether oxygens (including phenoxy) is 2. The molecule has 0 bridgehead atoms.